The summed E-state index contributed by atoms with van der Waals surface area (Å²) in [7, 11) is 0. The van der Waals surface area contributed by atoms with Gasteiger partial charge < -0.3 is 10.2 Å². The Bertz CT molecular complexity index is 325. The van der Waals surface area contributed by atoms with E-state index < -0.39 is 5.97 Å². The summed E-state index contributed by atoms with van der Waals surface area (Å²) in [6.07, 6.45) is 2.25. The van der Waals surface area contributed by atoms with E-state index in [9.17, 15) is 9.90 Å². The molecule has 1 aromatic rings. The number of carboxylic acids is 1. The fraction of sp³-hybridized carbons (Fsp3) is 0.375. The first-order valence-electron chi connectivity index (χ1n) is 3.74. The minimum absolute atomic E-state index is 0.0666. The van der Waals surface area contributed by atoms with Gasteiger partial charge in [0, 0.05) is 4.88 Å². The van der Waals surface area contributed by atoms with Gasteiger partial charge in [0.15, 0.2) is 4.88 Å². The van der Waals surface area contributed by atoms with Crippen molar-refractivity contribution in [3.05, 3.63) is 15.8 Å². The summed E-state index contributed by atoms with van der Waals surface area (Å²) in [5.74, 6) is -0.618. The van der Waals surface area contributed by atoms with Crippen LogP contribution in [0.3, 0.4) is 0 Å². The Balaban J connectivity index is 2.36. The minimum atomic E-state index is -1.04. The number of carbonyl (C=O) groups is 1. The molecule has 0 amide bonds. The molecule has 0 unspecified atom stereocenters. The maximum atomic E-state index is 10.5. The molecule has 1 aromatic heterocycles. The summed E-state index contributed by atoms with van der Waals surface area (Å²) in [5.41, 5.74) is 0. The first-order chi connectivity index (χ1) is 5.68. The van der Waals surface area contributed by atoms with Crippen LogP contribution in [0.15, 0.2) is 6.07 Å². The van der Waals surface area contributed by atoms with Crippen molar-refractivity contribution in [3.63, 3.8) is 0 Å². The van der Waals surface area contributed by atoms with Crippen LogP contribution in [-0.2, 0) is 0 Å². The number of carboxylic acid groups (broad SMARTS) is 1. The molecule has 1 fully saturated rings. The lowest BCUT2D eigenvalue weighted by molar-refractivity contribution is 0.0699. The van der Waals surface area contributed by atoms with Crippen molar-refractivity contribution in [1.29, 1.82) is 0 Å². The molecule has 0 spiro atoms. The van der Waals surface area contributed by atoms with Crippen molar-refractivity contribution >= 4 is 17.3 Å². The molecule has 3 nitrogen and oxygen atoms in total. The monoisotopic (exact) mass is 184 g/mol. The third-order valence-electron chi connectivity index (χ3n) is 1.91. The van der Waals surface area contributed by atoms with Crippen LogP contribution in [-0.4, -0.2) is 16.2 Å². The average Bonchev–Trinajstić information content (AvgIpc) is 2.75. The Kier molecular flexibility index (Phi) is 1.58. The van der Waals surface area contributed by atoms with Gasteiger partial charge in [0.05, 0.1) is 0 Å². The second kappa shape index (κ2) is 2.48. The molecule has 0 bridgehead atoms. The topological polar surface area (TPSA) is 57.5 Å². The average molecular weight is 184 g/mol. The summed E-state index contributed by atoms with van der Waals surface area (Å²) in [5, 5.41) is 17.8. The lowest BCUT2D eigenvalue weighted by Crippen LogP contribution is -1.90. The molecule has 1 heterocycles. The van der Waals surface area contributed by atoms with Crippen molar-refractivity contribution in [3.8, 4) is 5.75 Å². The number of aromatic hydroxyl groups is 1. The smallest absolute Gasteiger partial charge is 0.349 e. The maximum Gasteiger partial charge on any atom is 0.349 e. The predicted octanol–water partition coefficient (Wildman–Crippen LogP) is 2.03. The lowest BCUT2D eigenvalue weighted by atomic mass is 10.3. The van der Waals surface area contributed by atoms with Crippen LogP contribution in [0.4, 0.5) is 0 Å². The Morgan fingerprint density at radius 3 is 2.67 bits per heavy atom. The highest BCUT2D eigenvalue weighted by molar-refractivity contribution is 7.14. The third kappa shape index (κ3) is 1.18. The van der Waals surface area contributed by atoms with Crippen LogP contribution in [0, 0.1) is 0 Å². The lowest BCUT2D eigenvalue weighted by Gasteiger charge is -1.86. The van der Waals surface area contributed by atoms with E-state index in [1.807, 2.05) is 0 Å². The molecular weight excluding hydrogens is 176 g/mol. The van der Waals surface area contributed by atoms with Crippen LogP contribution >= 0.6 is 11.3 Å². The van der Waals surface area contributed by atoms with Gasteiger partial charge in [-0.25, -0.2) is 4.79 Å². The van der Waals surface area contributed by atoms with Crippen LogP contribution in [0.5, 0.6) is 5.75 Å². The molecule has 12 heavy (non-hydrogen) atoms. The normalized spacial score (nSPS) is 16.3. The number of hydrogen-bond acceptors (Lipinski definition) is 3. The van der Waals surface area contributed by atoms with Crippen molar-refractivity contribution in [2.75, 3.05) is 0 Å². The van der Waals surface area contributed by atoms with Crippen LogP contribution < -0.4 is 0 Å². The molecule has 2 rings (SSSR count). The Labute approximate surface area is 73.3 Å². The molecule has 0 radical (unpaired) electrons. The molecule has 2 N–H and O–H groups in total. The summed E-state index contributed by atoms with van der Waals surface area (Å²) in [4.78, 5) is 11.6. The van der Waals surface area contributed by atoms with E-state index in [0.717, 1.165) is 17.7 Å². The van der Waals surface area contributed by atoms with Crippen molar-refractivity contribution in [1.82, 2.24) is 0 Å². The van der Waals surface area contributed by atoms with Crippen LogP contribution in [0.2, 0.25) is 0 Å². The first-order valence-corrected chi connectivity index (χ1v) is 4.56. The van der Waals surface area contributed by atoms with Gasteiger partial charge >= 0.3 is 5.97 Å². The van der Waals surface area contributed by atoms with E-state index in [1.54, 1.807) is 6.07 Å². The van der Waals surface area contributed by atoms with E-state index in [1.165, 1.54) is 11.3 Å². The van der Waals surface area contributed by atoms with Crippen molar-refractivity contribution in [2.45, 2.75) is 18.8 Å². The van der Waals surface area contributed by atoms with Gasteiger partial charge in [-0.05, 0) is 24.8 Å². The summed E-state index contributed by atoms with van der Waals surface area (Å²) >= 11 is 1.19. The summed E-state index contributed by atoms with van der Waals surface area (Å²) < 4.78 is 0. The van der Waals surface area contributed by atoms with Crippen molar-refractivity contribution < 1.29 is 15.0 Å². The molecule has 0 aromatic carbocycles. The van der Waals surface area contributed by atoms with E-state index in [-0.39, 0.29) is 10.6 Å². The molecule has 0 aliphatic heterocycles. The molecule has 0 saturated heterocycles. The van der Waals surface area contributed by atoms with Gasteiger partial charge in [-0.15, -0.1) is 11.3 Å². The van der Waals surface area contributed by atoms with Gasteiger partial charge in [-0.1, -0.05) is 0 Å². The molecule has 0 atom stereocenters. The minimum Gasteiger partial charge on any atom is -0.506 e. The van der Waals surface area contributed by atoms with E-state index >= 15 is 0 Å². The second-order valence-electron chi connectivity index (χ2n) is 2.94. The zero-order valence-electron chi connectivity index (χ0n) is 6.28. The zero-order chi connectivity index (χ0) is 8.72. The van der Waals surface area contributed by atoms with Gasteiger partial charge in [0.1, 0.15) is 5.75 Å². The zero-order valence-corrected chi connectivity index (χ0v) is 7.10. The van der Waals surface area contributed by atoms with Crippen molar-refractivity contribution in [2.24, 2.45) is 0 Å². The molecular formula is C8H8O3S. The van der Waals surface area contributed by atoms with Gasteiger partial charge in [-0.2, -0.15) is 0 Å². The standard InChI is InChI=1S/C8H8O3S/c9-5-3-6(4-1-2-4)12-7(5)8(10)11/h3-4,9H,1-2H2,(H,10,11). The number of aromatic carboxylic acids is 1. The number of rotatable bonds is 2. The summed E-state index contributed by atoms with van der Waals surface area (Å²) in [6.45, 7) is 0. The van der Waals surface area contributed by atoms with E-state index in [0.29, 0.717) is 5.92 Å². The van der Waals surface area contributed by atoms with Crippen LogP contribution in [0.25, 0.3) is 0 Å². The highest BCUT2D eigenvalue weighted by Crippen LogP contribution is 2.45. The maximum absolute atomic E-state index is 10.5. The van der Waals surface area contributed by atoms with Crippen LogP contribution in [0.1, 0.15) is 33.3 Å². The largest absolute Gasteiger partial charge is 0.506 e. The quantitative estimate of drug-likeness (QED) is 0.739. The van der Waals surface area contributed by atoms with Gasteiger partial charge in [0.25, 0.3) is 0 Å². The second-order valence-corrected chi connectivity index (χ2v) is 4.03. The molecule has 1 saturated carbocycles. The summed E-state index contributed by atoms with van der Waals surface area (Å²) in [6, 6.07) is 1.58. The third-order valence-corrected chi connectivity index (χ3v) is 3.18. The highest BCUT2D eigenvalue weighted by Gasteiger charge is 2.27. The Hall–Kier alpha value is -1.03. The van der Waals surface area contributed by atoms with Gasteiger partial charge in [-0.3, -0.25) is 0 Å². The Morgan fingerprint density at radius 2 is 2.25 bits per heavy atom. The molecule has 1 aliphatic rings. The van der Waals surface area contributed by atoms with E-state index in [2.05, 4.69) is 0 Å². The molecule has 1 aliphatic carbocycles. The number of hydrogen-bond donors (Lipinski definition) is 2. The first kappa shape index (κ1) is 7.61. The molecule has 64 valence electrons. The fourth-order valence-electron chi connectivity index (χ4n) is 1.12. The van der Waals surface area contributed by atoms with Gasteiger partial charge in [0.2, 0.25) is 0 Å². The Morgan fingerprint density at radius 1 is 1.58 bits per heavy atom. The molecule has 4 heteroatoms. The van der Waals surface area contributed by atoms with E-state index in [4.69, 9.17) is 5.11 Å². The number of thiophene rings is 1. The predicted molar refractivity (Wildman–Crippen MR) is 44.9 cm³/mol. The SMILES string of the molecule is O=C(O)c1sc(C2CC2)cc1O. The fourth-order valence-corrected chi connectivity index (χ4v) is 2.18. The highest BCUT2D eigenvalue weighted by atomic mass is 32.1.